The third-order valence-corrected chi connectivity index (χ3v) is 4.61. The van der Waals surface area contributed by atoms with Crippen LogP contribution in [0.4, 0.5) is 5.69 Å². The molecular formula is C18H18BrNO2. The Hall–Kier alpha value is -1.81. The zero-order valence-corrected chi connectivity index (χ0v) is 14.2. The van der Waals surface area contributed by atoms with E-state index in [0.717, 1.165) is 27.9 Å². The van der Waals surface area contributed by atoms with Crippen molar-refractivity contribution in [2.75, 3.05) is 12.4 Å². The lowest BCUT2D eigenvalue weighted by Crippen LogP contribution is -2.15. The van der Waals surface area contributed by atoms with Crippen molar-refractivity contribution in [1.29, 1.82) is 0 Å². The number of rotatable bonds is 4. The molecule has 1 fully saturated rings. The van der Waals surface area contributed by atoms with Crippen LogP contribution < -0.4 is 10.1 Å². The molecule has 1 amide bonds. The van der Waals surface area contributed by atoms with Gasteiger partial charge in [0.1, 0.15) is 5.75 Å². The molecule has 0 radical (unpaired) electrons. The van der Waals surface area contributed by atoms with E-state index in [4.69, 9.17) is 4.74 Å². The van der Waals surface area contributed by atoms with E-state index in [-0.39, 0.29) is 11.8 Å². The lowest BCUT2D eigenvalue weighted by molar-refractivity contribution is -0.117. The highest BCUT2D eigenvalue weighted by atomic mass is 79.9. The minimum atomic E-state index is 0.0661. The molecule has 4 heteroatoms. The second-order valence-electron chi connectivity index (χ2n) is 5.67. The predicted octanol–water partition coefficient (Wildman–Crippen LogP) is 4.51. The molecule has 1 aliphatic carbocycles. The summed E-state index contributed by atoms with van der Waals surface area (Å²) >= 11 is 3.43. The first-order chi connectivity index (χ1) is 10.6. The number of anilines is 1. The van der Waals surface area contributed by atoms with Gasteiger partial charge in [-0.2, -0.15) is 0 Å². The highest BCUT2D eigenvalue weighted by molar-refractivity contribution is 9.10. The smallest absolute Gasteiger partial charge is 0.228 e. The quantitative estimate of drug-likeness (QED) is 0.871. The summed E-state index contributed by atoms with van der Waals surface area (Å²) in [6.07, 6.45) is 0.910. The van der Waals surface area contributed by atoms with Crippen molar-refractivity contribution in [2.24, 2.45) is 5.92 Å². The number of benzene rings is 2. The number of carbonyl (C=O) groups is 1. The van der Waals surface area contributed by atoms with Gasteiger partial charge >= 0.3 is 0 Å². The maximum Gasteiger partial charge on any atom is 0.228 e. The number of amides is 1. The van der Waals surface area contributed by atoms with Crippen LogP contribution in [0.2, 0.25) is 0 Å². The van der Waals surface area contributed by atoms with Gasteiger partial charge in [-0.25, -0.2) is 0 Å². The van der Waals surface area contributed by atoms with Crippen molar-refractivity contribution < 1.29 is 9.53 Å². The fraction of sp³-hybridized carbons (Fsp3) is 0.278. The Kier molecular flexibility index (Phi) is 4.21. The largest absolute Gasteiger partial charge is 0.497 e. The molecule has 0 heterocycles. The van der Waals surface area contributed by atoms with Crippen molar-refractivity contribution >= 4 is 27.5 Å². The van der Waals surface area contributed by atoms with Gasteiger partial charge in [0.15, 0.2) is 0 Å². The molecule has 0 aliphatic heterocycles. The fourth-order valence-electron chi connectivity index (χ4n) is 2.70. The van der Waals surface area contributed by atoms with Crippen LogP contribution in [0.15, 0.2) is 46.9 Å². The van der Waals surface area contributed by atoms with E-state index in [1.54, 1.807) is 7.11 Å². The summed E-state index contributed by atoms with van der Waals surface area (Å²) in [6.45, 7) is 1.99. The number of hydrogen-bond acceptors (Lipinski definition) is 2. The topological polar surface area (TPSA) is 38.3 Å². The first-order valence-corrected chi connectivity index (χ1v) is 8.09. The summed E-state index contributed by atoms with van der Waals surface area (Å²) in [5.41, 5.74) is 3.14. The highest BCUT2D eigenvalue weighted by Gasteiger charge is 2.43. The Morgan fingerprint density at radius 3 is 2.59 bits per heavy atom. The van der Waals surface area contributed by atoms with Gasteiger partial charge in [0.2, 0.25) is 5.91 Å². The van der Waals surface area contributed by atoms with Crippen molar-refractivity contribution in [2.45, 2.75) is 19.3 Å². The van der Waals surface area contributed by atoms with Gasteiger partial charge in [0, 0.05) is 16.1 Å². The van der Waals surface area contributed by atoms with Gasteiger partial charge in [-0.15, -0.1) is 0 Å². The standard InChI is InChI=1S/C18H18BrNO2/c1-11-9-13(19)5-8-17(11)20-18(21)16-10-15(16)12-3-6-14(22-2)7-4-12/h3-9,15-16H,10H2,1-2H3,(H,20,21). The number of hydrogen-bond donors (Lipinski definition) is 1. The van der Waals surface area contributed by atoms with Crippen molar-refractivity contribution in [3.8, 4) is 5.75 Å². The monoisotopic (exact) mass is 359 g/mol. The fourth-order valence-corrected chi connectivity index (χ4v) is 3.17. The SMILES string of the molecule is COc1ccc(C2CC2C(=O)Nc2ccc(Br)cc2C)cc1. The molecule has 114 valence electrons. The average Bonchev–Trinajstić information content (AvgIpc) is 3.31. The maximum atomic E-state index is 12.4. The first-order valence-electron chi connectivity index (χ1n) is 7.29. The van der Waals surface area contributed by atoms with Crippen molar-refractivity contribution in [1.82, 2.24) is 0 Å². The molecule has 2 unspecified atom stereocenters. The van der Waals surface area contributed by atoms with Crippen LogP contribution in [-0.4, -0.2) is 13.0 Å². The van der Waals surface area contributed by atoms with Crippen LogP contribution in [0.5, 0.6) is 5.75 Å². The molecule has 2 aromatic carbocycles. The summed E-state index contributed by atoms with van der Waals surface area (Å²) < 4.78 is 6.18. The first kappa shape index (κ1) is 15.1. The van der Waals surface area contributed by atoms with E-state index in [9.17, 15) is 4.79 Å². The second-order valence-corrected chi connectivity index (χ2v) is 6.59. The minimum Gasteiger partial charge on any atom is -0.497 e. The molecule has 1 aliphatic rings. The van der Waals surface area contributed by atoms with Crippen molar-refractivity contribution in [3.05, 3.63) is 58.1 Å². The Bertz CT molecular complexity index is 697. The van der Waals surface area contributed by atoms with Gasteiger partial charge in [-0.05, 0) is 60.7 Å². The highest BCUT2D eigenvalue weighted by Crippen LogP contribution is 2.48. The van der Waals surface area contributed by atoms with E-state index >= 15 is 0 Å². The summed E-state index contributed by atoms with van der Waals surface area (Å²) in [4.78, 5) is 12.4. The summed E-state index contributed by atoms with van der Waals surface area (Å²) in [7, 11) is 1.66. The van der Waals surface area contributed by atoms with Crippen LogP contribution in [0.3, 0.4) is 0 Å². The zero-order chi connectivity index (χ0) is 15.7. The van der Waals surface area contributed by atoms with E-state index in [2.05, 4.69) is 21.2 Å². The van der Waals surface area contributed by atoms with Gasteiger partial charge < -0.3 is 10.1 Å². The van der Waals surface area contributed by atoms with Gasteiger partial charge in [0.05, 0.1) is 7.11 Å². The molecule has 0 saturated heterocycles. The third kappa shape index (κ3) is 3.17. The van der Waals surface area contributed by atoms with Crippen LogP contribution in [-0.2, 0) is 4.79 Å². The number of halogens is 1. The lowest BCUT2D eigenvalue weighted by atomic mass is 10.1. The number of ether oxygens (including phenoxy) is 1. The summed E-state index contributed by atoms with van der Waals surface area (Å²) in [6, 6.07) is 13.9. The van der Waals surface area contributed by atoms with Gasteiger partial charge in [0.25, 0.3) is 0 Å². The number of aryl methyl sites for hydroxylation is 1. The molecule has 0 aromatic heterocycles. The Morgan fingerprint density at radius 2 is 1.95 bits per heavy atom. The number of nitrogens with one attached hydrogen (secondary N) is 1. The average molecular weight is 360 g/mol. The minimum absolute atomic E-state index is 0.0661. The predicted molar refractivity (Wildman–Crippen MR) is 91.4 cm³/mol. The van der Waals surface area contributed by atoms with Crippen molar-refractivity contribution in [3.63, 3.8) is 0 Å². The molecule has 2 atom stereocenters. The molecular weight excluding hydrogens is 342 g/mol. The summed E-state index contributed by atoms with van der Waals surface area (Å²) in [5.74, 6) is 1.33. The summed E-state index contributed by atoms with van der Waals surface area (Å²) in [5, 5.41) is 3.04. The van der Waals surface area contributed by atoms with Crippen LogP contribution >= 0.6 is 15.9 Å². The van der Waals surface area contributed by atoms with Gasteiger partial charge in [-0.3, -0.25) is 4.79 Å². The third-order valence-electron chi connectivity index (χ3n) is 4.12. The molecule has 0 spiro atoms. The molecule has 0 bridgehead atoms. The maximum absolute atomic E-state index is 12.4. The Morgan fingerprint density at radius 1 is 1.23 bits per heavy atom. The van der Waals surface area contributed by atoms with Crippen LogP contribution in [0.1, 0.15) is 23.5 Å². The molecule has 2 aromatic rings. The molecule has 3 rings (SSSR count). The van der Waals surface area contributed by atoms with E-state index in [0.29, 0.717) is 5.92 Å². The number of carbonyl (C=O) groups excluding carboxylic acids is 1. The van der Waals surface area contributed by atoms with E-state index < -0.39 is 0 Å². The Labute approximate surface area is 138 Å². The normalized spacial score (nSPS) is 19.6. The second kappa shape index (κ2) is 6.13. The van der Waals surface area contributed by atoms with Crippen LogP contribution in [0.25, 0.3) is 0 Å². The molecule has 3 nitrogen and oxygen atoms in total. The van der Waals surface area contributed by atoms with Gasteiger partial charge in [-0.1, -0.05) is 28.1 Å². The zero-order valence-electron chi connectivity index (χ0n) is 12.6. The van der Waals surface area contributed by atoms with E-state index in [1.807, 2.05) is 49.4 Å². The molecule has 1 N–H and O–H groups in total. The van der Waals surface area contributed by atoms with Crippen LogP contribution in [0, 0.1) is 12.8 Å². The molecule has 1 saturated carbocycles. The van der Waals surface area contributed by atoms with E-state index in [1.165, 1.54) is 5.56 Å². The molecule has 22 heavy (non-hydrogen) atoms. The number of methoxy groups -OCH3 is 1. The Balaban J connectivity index is 1.64. The lowest BCUT2D eigenvalue weighted by Gasteiger charge is -2.09.